The minimum atomic E-state index is 0.382. The second-order valence-electron chi connectivity index (χ2n) is 1.70. The summed E-state index contributed by atoms with van der Waals surface area (Å²) in [6, 6.07) is 7.35. The molecule has 0 aliphatic heterocycles. The van der Waals surface area contributed by atoms with Crippen molar-refractivity contribution in [3.63, 3.8) is 0 Å². The summed E-state index contributed by atoms with van der Waals surface area (Å²) >= 11 is 0.990. The fourth-order valence-electron chi connectivity index (χ4n) is 0.610. The first-order valence-corrected chi connectivity index (χ1v) is 4.44. The van der Waals surface area contributed by atoms with Crippen LogP contribution >= 0.6 is 0 Å². The van der Waals surface area contributed by atoms with Gasteiger partial charge in [-0.25, -0.2) is 0 Å². The zero-order chi connectivity index (χ0) is 6.69. The van der Waals surface area contributed by atoms with Gasteiger partial charge in [-0.2, -0.15) is 0 Å². The van der Waals surface area contributed by atoms with Crippen LogP contribution in [0.25, 0.3) is 0 Å². The molecule has 0 saturated carbocycles. The van der Waals surface area contributed by atoms with Gasteiger partial charge in [-0.1, -0.05) is 0 Å². The summed E-state index contributed by atoms with van der Waals surface area (Å²) in [5, 5.41) is 9.10. The van der Waals surface area contributed by atoms with Gasteiger partial charge in [0.1, 0.15) is 0 Å². The van der Waals surface area contributed by atoms with E-state index < -0.39 is 0 Å². The molecule has 1 nitrogen and oxygen atoms in total. The van der Waals surface area contributed by atoms with Gasteiger partial charge in [0.15, 0.2) is 0 Å². The molecule has 0 atom stereocenters. The molecule has 1 aromatic carbocycles. The third-order valence-corrected chi connectivity index (χ3v) is 2.07. The predicted octanol–water partition coefficient (Wildman–Crippen LogP) is 1.09. The molecule has 0 aliphatic rings. The molecule has 1 rings (SSSR count). The van der Waals surface area contributed by atoms with Gasteiger partial charge < -0.3 is 0 Å². The van der Waals surface area contributed by atoms with E-state index in [-0.39, 0.29) is 0 Å². The summed E-state index contributed by atoms with van der Waals surface area (Å²) in [4.78, 5) is 0. The maximum absolute atomic E-state index is 9.10. The van der Waals surface area contributed by atoms with Crippen LogP contribution in [0.2, 0.25) is 0 Å². The van der Waals surface area contributed by atoms with E-state index in [0.29, 0.717) is 5.75 Å². The molecule has 1 N–H and O–H groups in total. The first-order valence-electron chi connectivity index (χ1n) is 2.63. The number of phenols is 1. The Bertz CT molecular complexity index is 220. The number of benzene rings is 1. The van der Waals surface area contributed by atoms with Crippen molar-refractivity contribution in [2.24, 2.45) is 0 Å². The van der Waals surface area contributed by atoms with Crippen molar-refractivity contribution in [1.29, 1.82) is 0 Å². The van der Waals surface area contributed by atoms with Crippen molar-refractivity contribution in [2.45, 2.75) is 0 Å². The summed E-state index contributed by atoms with van der Waals surface area (Å²) in [5.41, 5.74) is 0.948. The number of hydrogen-bond donors (Lipinski definition) is 1. The van der Waals surface area contributed by atoms with Gasteiger partial charge >= 0.3 is 81.3 Å². The summed E-state index contributed by atoms with van der Waals surface area (Å²) in [6.45, 7) is 0. The molecular weight excluding hydrogens is 240 g/mol. The first-order chi connectivity index (χ1) is 4.34. The van der Waals surface area contributed by atoms with Crippen LogP contribution in [0.5, 0.6) is 5.75 Å². The number of para-hydroxylation sites is 1. The van der Waals surface area contributed by atoms with Crippen molar-refractivity contribution in [1.82, 2.24) is 0 Å². The molecule has 1 aromatic rings. The predicted molar refractivity (Wildman–Crippen MR) is 33.3 cm³/mol. The quantitative estimate of drug-likeness (QED) is 0.786. The van der Waals surface area contributed by atoms with E-state index in [9.17, 15) is 0 Å². The van der Waals surface area contributed by atoms with Crippen LogP contribution < -0.4 is 0 Å². The molecule has 0 spiro atoms. The fourth-order valence-corrected chi connectivity index (χ4v) is 1.38. The molecule has 0 unspecified atom stereocenters. The summed E-state index contributed by atoms with van der Waals surface area (Å²) in [6.07, 6.45) is 0. The second kappa shape index (κ2) is 3.44. The van der Waals surface area contributed by atoms with Crippen LogP contribution in [0.15, 0.2) is 24.3 Å². The fraction of sp³-hybridized carbons (Fsp3) is 0. The van der Waals surface area contributed by atoms with Gasteiger partial charge in [0.05, 0.1) is 0 Å². The van der Waals surface area contributed by atoms with Crippen LogP contribution in [0.3, 0.4) is 0 Å². The molecule has 44 valence electrons. The Morgan fingerprint density at radius 1 is 1.33 bits per heavy atom. The van der Waals surface area contributed by atoms with E-state index in [4.69, 9.17) is 5.11 Å². The molecule has 0 amide bonds. The van der Waals surface area contributed by atoms with Crippen LogP contribution in [0.1, 0.15) is 5.56 Å². The molecule has 0 saturated heterocycles. The SMILES string of the molecule is Oc1ccccc1[CH]=[Ce]. The van der Waals surface area contributed by atoms with Crippen LogP contribution in [0, 0.1) is 39.1 Å². The Balaban J connectivity index is 3.15. The molecule has 2 heteroatoms. The molecular formula is C7H6CeO. The standard InChI is InChI=1S/C7H6O.Ce/c1-6-4-2-3-5-7(6)8;/h1-5,8H;. The van der Waals surface area contributed by atoms with Gasteiger partial charge in [-0.05, 0) is 0 Å². The summed E-state index contributed by atoms with van der Waals surface area (Å²) < 4.78 is 2.01. The van der Waals surface area contributed by atoms with Crippen LogP contribution in [-0.4, -0.2) is 6.61 Å². The molecule has 9 heavy (non-hydrogen) atoms. The third kappa shape index (κ3) is 1.84. The zero-order valence-electron chi connectivity index (χ0n) is 4.83. The Morgan fingerprint density at radius 3 is 2.44 bits per heavy atom. The van der Waals surface area contributed by atoms with E-state index in [2.05, 4.69) is 0 Å². The van der Waals surface area contributed by atoms with E-state index in [1.807, 2.05) is 19.7 Å². The number of rotatable bonds is 1. The summed E-state index contributed by atoms with van der Waals surface area (Å²) in [7, 11) is 0. The van der Waals surface area contributed by atoms with Crippen LogP contribution in [0.4, 0.5) is 0 Å². The number of phenolic OH excluding ortho intramolecular Hbond substituents is 1. The monoisotopic (exact) mass is 246 g/mol. The molecule has 0 heterocycles. The van der Waals surface area contributed by atoms with Gasteiger partial charge in [-0.15, -0.1) is 0 Å². The van der Waals surface area contributed by atoms with E-state index in [1.165, 1.54) is 0 Å². The van der Waals surface area contributed by atoms with E-state index in [1.54, 1.807) is 6.07 Å². The second-order valence-corrected chi connectivity index (χ2v) is 2.61. The van der Waals surface area contributed by atoms with Gasteiger partial charge in [0, 0.05) is 0 Å². The Labute approximate surface area is 80.4 Å². The topological polar surface area (TPSA) is 20.2 Å². The summed E-state index contributed by atoms with van der Waals surface area (Å²) in [5.74, 6) is 0.382. The van der Waals surface area contributed by atoms with Gasteiger partial charge in [-0.3, -0.25) is 0 Å². The molecule has 0 radical (unpaired) electrons. The van der Waals surface area contributed by atoms with E-state index >= 15 is 0 Å². The molecule has 0 aliphatic carbocycles. The number of aromatic hydroxyl groups is 1. The molecule has 0 fully saturated rings. The van der Waals surface area contributed by atoms with Gasteiger partial charge in [0.25, 0.3) is 0 Å². The van der Waals surface area contributed by atoms with Crippen molar-refractivity contribution in [2.75, 3.05) is 0 Å². The normalized spacial score (nSPS) is 8.78. The van der Waals surface area contributed by atoms with Crippen molar-refractivity contribution in [3.05, 3.63) is 29.8 Å². The third-order valence-electron chi connectivity index (χ3n) is 1.09. The average molecular weight is 246 g/mol. The Morgan fingerprint density at radius 2 is 2.00 bits per heavy atom. The van der Waals surface area contributed by atoms with Crippen molar-refractivity contribution < 1.29 is 44.2 Å². The van der Waals surface area contributed by atoms with Crippen molar-refractivity contribution in [3.8, 4) is 5.75 Å². The van der Waals surface area contributed by atoms with Crippen LogP contribution in [-0.2, 0) is 0 Å². The Kier molecular flexibility index (Phi) is 2.82. The molecule has 0 bridgehead atoms. The zero-order valence-corrected chi connectivity index (χ0v) is 7.97. The van der Waals surface area contributed by atoms with Crippen molar-refractivity contribution >= 4 is 1.50 Å². The van der Waals surface area contributed by atoms with E-state index in [0.717, 1.165) is 44.7 Å². The maximum atomic E-state index is 9.10. The molecule has 0 aromatic heterocycles. The minimum absolute atomic E-state index is 0.382. The Hall–Kier alpha value is 0.267. The number of hydrogen-bond acceptors (Lipinski definition) is 1. The average Bonchev–Trinajstić information content (AvgIpc) is 1.89. The van der Waals surface area contributed by atoms with Gasteiger partial charge in [0.2, 0.25) is 0 Å². The first kappa shape index (κ1) is 7.37.